The number of carbonyl (C=O) groups excluding carboxylic acids is 1. The quantitative estimate of drug-likeness (QED) is 0.650. The molecule has 11 heteroatoms. The summed E-state index contributed by atoms with van der Waals surface area (Å²) in [6.07, 6.45) is 1.35. The van der Waals surface area contributed by atoms with E-state index in [4.69, 9.17) is 4.74 Å². The predicted octanol–water partition coefficient (Wildman–Crippen LogP) is 1.88. The van der Waals surface area contributed by atoms with Crippen LogP contribution in [0.25, 0.3) is 0 Å². The van der Waals surface area contributed by atoms with Gasteiger partial charge in [-0.2, -0.15) is 0 Å². The van der Waals surface area contributed by atoms with Crippen LogP contribution in [0.1, 0.15) is 6.92 Å². The monoisotopic (exact) mass is 455 g/mol. The van der Waals surface area contributed by atoms with Gasteiger partial charge in [0.05, 0.1) is 23.9 Å². The second-order valence-corrected chi connectivity index (χ2v) is 10.8. The summed E-state index contributed by atoms with van der Waals surface area (Å²) in [6, 6.07) is 12.7. The highest BCUT2D eigenvalue weighted by Crippen LogP contribution is 2.23. The van der Waals surface area contributed by atoms with E-state index >= 15 is 0 Å². The van der Waals surface area contributed by atoms with Crippen LogP contribution in [0.15, 0.2) is 48.5 Å². The first kappa shape index (κ1) is 23.5. The normalized spacial score (nSPS) is 12.7. The molecule has 0 bridgehead atoms. The van der Waals surface area contributed by atoms with Crippen molar-refractivity contribution in [1.29, 1.82) is 0 Å². The Balaban J connectivity index is 2.05. The van der Waals surface area contributed by atoms with Gasteiger partial charge in [-0.15, -0.1) is 0 Å². The Kier molecular flexibility index (Phi) is 6.99. The summed E-state index contributed by atoms with van der Waals surface area (Å²) in [5.74, 6) is -0.0275. The number of ether oxygens (including phenoxy) is 1. The van der Waals surface area contributed by atoms with Crippen molar-refractivity contribution in [3.05, 3.63) is 48.5 Å². The molecule has 1 atom stereocenters. The van der Waals surface area contributed by atoms with Gasteiger partial charge in [-0.1, -0.05) is 6.07 Å². The highest BCUT2D eigenvalue weighted by Gasteiger charge is 2.17. The summed E-state index contributed by atoms with van der Waals surface area (Å²) < 4.78 is 54.4. The Hall–Kier alpha value is -2.79. The Morgan fingerprint density at radius 2 is 1.43 bits per heavy atom. The summed E-state index contributed by atoms with van der Waals surface area (Å²) in [5, 5.41) is 2.69. The number of sulfonamides is 2. The fraction of sp³-hybridized carbons (Fsp3) is 0.316. The van der Waals surface area contributed by atoms with Crippen molar-refractivity contribution in [2.75, 3.05) is 40.5 Å². The van der Waals surface area contributed by atoms with E-state index < -0.39 is 32.1 Å². The molecule has 0 aromatic heterocycles. The number of amides is 1. The first-order valence-electron chi connectivity index (χ1n) is 8.84. The van der Waals surface area contributed by atoms with E-state index in [-0.39, 0.29) is 0 Å². The molecule has 0 aliphatic rings. The molecule has 0 fully saturated rings. The second-order valence-electron chi connectivity index (χ2n) is 6.75. The van der Waals surface area contributed by atoms with Gasteiger partial charge in [-0.05, 0) is 49.4 Å². The van der Waals surface area contributed by atoms with E-state index in [1.54, 1.807) is 55.5 Å². The Morgan fingerprint density at radius 1 is 0.900 bits per heavy atom. The van der Waals surface area contributed by atoms with Crippen molar-refractivity contribution in [2.24, 2.45) is 0 Å². The third-order valence-electron chi connectivity index (χ3n) is 4.35. The number of benzene rings is 2. The molecule has 0 radical (unpaired) electrons. The molecule has 0 spiro atoms. The van der Waals surface area contributed by atoms with Crippen LogP contribution >= 0.6 is 0 Å². The number of carbonyl (C=O) groups is 1. The van der Waals surface area contributed by atoms with Gasteiger partial charge in [-0.3, -0.25) is 13.4 Å². The molecule has 0 saturated carbocycles. The number of nitrogens with one attached hydrogen (secondary N) is 1. The summed E-state index contributed by atoms with van der Waals surface area (Å²) in [7, 11) is -3.93. The van der Waals surface area contributed by atoms with E-state index in [9.17, 15) is 21.6 Å². The Morgan fingerprint density at radius 3 is 1.97 bits per heavy atom. The zero-order valence-electron chi connectivity index (χ0n) is 17.4. The van der Waals surface area contributed by atoms with Crippen LogP contribution in [0.2, 0.25) is 0 Å². The van der Waals surface area contributed by atoms with Crippen molar-refractivity contribution in [2.45, 2.75) is 13.0 Å². The lowest BCUT2D eigenvalue weighted by atomic mass is 10.2. The van der Waals surface area contributed by atoms with Crippen LogP contribution in [0.5, 0.6) is 5.75 Å². The molecule has 0 heterocycles. The van der Waals surface area contributed by atoms with Gasteiger partial charge in [0.2, 0.25) is 20.0 Å². The molecule has 2 rings (SSSR count). The molecule has 2 aromatic carbocycles. The molecule has 1 unspecified atom stereocenters. The molecule has 9 nitrogen and oxygen atoms in total. The van der Waals surface area contributed by atoms with E-state index in [0.717, 1.165) is 21.1 Å². The lowest BCUT2D eigenvalue weighted by Crippen LogP contribution is -2.30. The van der Waals surface area contributed by atoms with Crippen LogP contribution < -0.4 is 18.7 Å². The standard InChI is InChI=1S/C19H25N3O6S2/c1-14(28-18-11-9-16(10-12-18)21(2)29(4,24)25)19(23)20-15-7-6-8-17(13-15)22(3)30(5,26)27/h6-14H,1-5H3,(H,20,23). The SMILES string of the molecule is CC(Oc1ccc(N(C)S(C)(=O)=O)cc1)C(=O)Nc1cccc(N(C)S(C)(=O)=O)c1. The van der Waals surface area contributed by atoms with Crippen LogP contribution in [0.3, 0.4) is 0 Å². The summed E-state index contributed by atoms with van der Waals surface area (Å²) in [4.78, 5) is 12.4. The lowest BCUT2D eigenvalue weighted by Gasteiger charge is -2.19. The van der Waals surface area contributed by atoms with Crippen molar-refractivity contribution in [1.82, 2.24) is 0 Å². The fourth-order valence-corrected chi connectivity index (χ4v) is 3.40. The highest BCUT2D eigenvalue weighted by molar-refractivity contribution is 7.92. The van der Waals surface area contributed by atoms with Crippen molar-refractivity contribution >= 4 is 43.0 Å². The number of hydrogen-bond acceptors (Lipinski definition) is 6. The lowest BCUT2D eigenvalue weighted by molar-refractivity contribution is -0.122. The first-order chi connectivity index (χ1) is 13.8. The number of rotatable bonds is 8. The van der Waals surface area contributed by atoms with Gasteiger partial charge in [0.25, 0.3) is 5.91 Å². The van der Waals surface area contributed by atoms with E-state index in [1.165, 1.54) is 14.1 Å². The Labute approximate surface area is 177 Å². The molecular weight excluding hydrogens is 430 g/mol. The average Bonchev–Trinajstić information content (AvgIpc) is 2.66. The van der Waals surface area contributed by atoms with Crippen molar-refractivity contribution < 1.29 is 26.4 Å². The smallest absolute Gasteiger partial charge is 0.265 e. The maximum absolute atomic E-state index is 12.4. The molecule has 2 aromatic rings. The molecule has 0 aliphatic heterocycles. The topological polar surface area (TPSA) is 113 Å². The first-order valence-corrected chi connectivity index (χ1v) is 12.5. The van der Waals surface area contributed by atoms with E-state index in [0.29, 0.717) is 22.8 Å². The minimum absolute atomic E-state index is 0.397. The molecule has 0 saturated heterocycles. The van der Waals surface area contributed by atoms with Gasteiger partial charge in [-0.25, -0.2) is 16.8 Å². The molecule has 30 heavy (non-hydrogen) atoms. The van der Waals surface area contributed by atoms with Gasteiger partial charge in [0.1, 0.15) is 5.75 Å². The summed E-state index contributed by atoms with van der Waals surface area (Å²) >= 11 is 0. The van der Waals surface area contributed by atoms with Gasteiger partial charge in [0, 0.05) is 19.8 Å². The number of anilines is 3. The largest absolute Gasteiger partial charge is 0.481 e. The molecule has 1 amide bonds. The van der Waals surface area contributed by atoms with E-state index in [1.807, 2.05) is 0 Å². The third-order valence-corrected chi connectivity index (χ3v) is 6.77. The molecule has 0 aliphatic carbocycles. The van der Waals surface area contributed by atoms with Crippen molar-refractivity contribution in [3.63, 3.8) is 0 Å². The van der Waals surface area contributed by atoms with Gasteiger partial charge in [0.15, 0.2) is 6.10 Å². The number of hydrogen-bond donors (Lipinski definition) is 1. The second kappa shape index (κ2) is 8.92. The minimum atomic E-state index is -3.42. The van der Waals surface area contributed by atoms with Gasteiger partial charge < -0.3 is 10.1 Å². The van der Waals surface area contributed by atoms with Crippen molar-refractivity contribution in [3.8, 4) is 5.75 Å². The maximum Gasteiger partial charge on any atom is 0.265 e. The zero-order valence-corrected chi connectivity index (χ0v) is 19.0. The summed E-state index contributed by atoms with van der Waals surface area (Å²) in [5.41, 5.74) is 1.30. The average molecular weight is 456 g/mol. The van der Waals surface area contributed by atoms with Crippen LogP contribution in [0.4, 0.5) is 17.1 Å². The van der Waals surface area contributed by atoms with Gasteiger partial charge >= 0.3 is 0 Å². The highest BCUT2D eigenvalue weighted by atomic mass is 32.2. The minimum Gasteiger partial charge on any atom is -0.481 e. The zero-order chi connectivity index (χ0) is 22.7. The molecule has 1 N–H and O–H groups in total. The maximum atomic E-state index is 12.4. The third kappa shape index (κ3) is 6.10. The summed E-state index contributed by atoms with van der Waals surface area (Å²) in [6.45, 7) is 1.57. The Bertz CT molecular complexity index is 1120. The fourth-order valence-electron chi connectivity index (χ4n) is 2.40. The number of nitrogens with zero attached hydrogens (tertiary/aromatic N) is 2. The molecular formula is C19H25N3O6S2. The molecule has 164 valence electrons. The predicted molar refractivity (Wildman–Crippen MR) is 118 cm³/mol. The van der Waals surface area contributed by atoms with Crippen LogP contribution in [-0.4, -0.2) is 55.5 Å². The van der Waals surface area contributed by atoms with Crippen LogP contribution in [0, 0.1) is 0 Å². The van der Waals surface area contributed by atoms with Crippen LogP contribution in [-0.2, 0) is 24.8 Å². The van der Waals surface area contributed by atoms with E-state index in [2.05, 4.69) is 5.32 Å².